The summed E-state index contributed by atoms with van der Waals surface area (Å²) in [6, 6.07) is 2.73. The number of benzene rings is 1. The third-order valence-corrected chi connectivity index (χ3v) is 2.58. The minimum absolute atomic E-state index is 0.194. The standard InChI is InChI=1S/C13H8FN3O5/c14-6-1-2-8(7(5-6)12(19)20)17-11(18)9-10(13(21)22)16-4-3-15-9/h1-5H,(H,17,18)(H,19,20)(H,21,22). The molecule has 3 N–H and O–H groups in total. The highest BCUT2D eigenvalue weighted by atomic mass is 19.1. The molecule has 0 fully saturated rings. The molecule has 1 heterocycles. The van der Waals surface area contributed by atoms with Crippen LogP contribution < -0.4 is 5.32 Å². The zero-order valence-corrected chi connectivity index (χ0v) is 10.8. The molecule has 22 heavy (non-hydrogen) atoms. The topological polar surface area (TPSA) is 129 Å². The third kappa shape index (κ3) is 3.03. The molecule has 0 atom stereocenters. The molecular formula is C13H8FN3O5. The van der Waals surface area contributed by atoms with Crippen molar-refractivity contribution in [1.29, 1.82) is 0 Å². The van der Waals surface area contributed by atoms with Gasteiger partial charge in [0.1, 0.15) is 5.82 Å². The molecule has 112 valence electrons. The van der Waals surface area contributed by atoms with Crippen LogP contribution in [-0.2, 0) is 0 Å². The van der Waals surface area contributed by atoms with Crippen LogP contribution in [0.25, 0.3) is 0 Å². The summed E-state index contributed by atoms with van der Waals surface area (Å²) in [5, 5.41) is 20.1. The number of nitrogens with one attached hydrogen (secondary N) is 1. The Labute approximate surface area is 122 Å². The van der Waals surface area contributed by atoms with Gasteiger partial charge in [-0.2, -0.15) is 0 Å². The van der Waals surface area contributed by atoms with E-state index in [2.05, 4.69) is 15.3 Å². The number of carbonyl (C=O) groups is 3. The first-order valence-corrected chi connectivity index (χ1v) is 5.78. The number of aromatic carboxylic acids is 2. The van der Waals surface area contributed by atoms with E-state index in [1.54, 1.807) is 0 Å². The van der Waals surface area contributed by atoms with Gasteiger partial charge in [-0.1, -0.05) is 0 Å². The fraction of sp³-hybridized carbons (Fsp3) is 0. The number of hydrogen-bond donors (Lipinski definition) is 3. The monoisotopic (exact) mass is 305 g/mol. The molecule has 0 bridgehead atoms. The number of aromatic nitrogens is 2. The third-order valence-electron chi connectivity index (χ3n) is 2.58. The number of anilines is 1. The molecule has 0 spiro atoms. The Bertz CT molecular complexity index is 778. The minimum Gasteiger partial charge on any atom is -0.478 e. The van der Waals surface area contributed by atoms with Gasteiger partial charge in [0.15, 0.2) is 11.4 Å². The summed E-state index contributed by atoms with van der Waals surface area (Å²) >= 11 is 0. The van der Waals surface area contributed by atoms with Crippen LogP contribution in [0.3, 0.4) is 0 Å². The molecule has 1 amide bonds. The highest BCUT2D eigenvalue weighted by molar-refractivity contribution is 6.10. The smallest absolute Gasteiger partial charge is 0.356 e. The Morgan fingerprint density at radius 2 is 1.64 bits per heavy atom. The SMILES string of the molecule is O=C(O)c1cc(F)ccc1NC(=O)c1nccnc1C(=O)O. The lowest BCUT2D eigenvalue weighted by Crippen LogP contribution is -2.20. The largest absolute Gasteiger partial charge is 0.478 e. The highest BCUT2D eigenvalue weighted by Crippen LogP contribution is 2.18. The van der Waals surface area contributed by atoms with Crippen LogP contribution in [0.1, 0.15) is 31.3 Å². The van der Waals surface area contributed by atoms with Gasteiger partial charge in [0.05, 0.1) is 11.3 Å². The normalized spacial score (nSPS) is 10.0. The fourth-order valence-corrected chi connectivity index (χ4v) is 1.64. The molecule has 2 rings (SSSR count). The summed E-state index contributed by atoms with van der Waals surface area (Å²) in [5.41, 5.74) is -1.75. The summed E-state index contributed by atoms with van der Waals surface area (Å²) in [7, 11) is 0. The van der Waals surface area contributed by atoms with Crippen LogP contribution in [0.4, 0.5) is 10.1 Å². The van der Waals surface area contributed by atoms with Crippen LogP contribution in [0.2, 0.25) is 0 Å². The first-order valence-electron chi connectivity index (χ1n) is 5.78. The van der Waals surface area contributed by atoms with Crippen LogP contribution in [0, 0.1) is 5.82 Å². The molecular weight excluding hydrogens is 297 g/mol. The minimum atomic E-state index is -1.46. The van der Waals surface area contributed by atoms with Crippen molar-refractivity contribution >= 4 is 23.5 Å². The Balaban J connectivity index is 2.38. The molecule has 0 radical (unpaired) electrons. The zero-order valence-electron chi connectivity index (χ0n) is 10.8. The number of amides is 1. The van der Waals surface area contributed by atoms with Gasteiger partial charge in [0, 0.05) is 12.4 Å². The van der Waals surface area contributed by atoms with E-state index in [0.717, 1.165) is 30.6 Å². The lowest BCUT2D eigenvalue weighted by atomic mass is 10.1. The molecule has 1 aromatic heterocycles. The van der Waals surface area contributed by atoms with Crippen LogP contribution in [-0.4, -0.2) is 38.0 Å². The summed E-state index contributed by atoms with van der Waals surface area (Å²) < 4.78 is 13.1. The number of carboxylic acid groups (broad SMARTS) is 2. The van der Waals surface area contributed by atoms with E-state index < -0.39 is 40.6 Å². The van der Waals surface area contributed by atoms with Crippen molar-refractivity contribution in [2.75, 3.05) is 5.32 Å². The van der Waals surface area contributed by atoms with Crippen LogP contribution >= 0.6 is 0 Å². The summed E-state index contributed by atoms with van der Waals surface area (Å²) in [6.45, 7) is 0. The van der Waals surface area contributed by atoms with E-state index in [9.17, 15) is 18.8 Å². The predicted molar refractivity (Wildman–Crippen MR) is 70.3 cm³/mol. The Hall–Kier alpha value is -3.36. The Kier molecular flexibility index (Phi) is 4.07. The quantitative estimate of drug-likeness (QED) is 0.775. The van der Waals surface area contributed by atoms with Crippen molar-refractivity contribution in [3.05, 3.63) is 53.4 Å². The van der Waals surface area contributed by atoms with Gasteiger partial charge in [-0.3, -0.25) is 4.79 Å². The second-order valence-electron chi connectivity index (χ2n) is 4.01. The predicted octanol–water partition coefficient (Wildman–Crippen LogP) is 1.26. The van der Waals surface area contributed by atoms with E-state index in [1.807, 2.05) is 0 Å². The first kappa shape index (κ1) is 15.0. The van der Waals surface area contributed by atoms with Crippen LogP contribution in [0.15, 0.2) is 30.6 Å². The van der Waals surface area contributed by atoms with Gasteiger partial charge >= 0.3 is 11.9 Å². The number of rotatable bonds is 4. The van der Waals surface area contributed by atoms with E-state index in [-0.39, 0.29) is 5.69 Å². The van der Waals surface area contributed by atoms with E-state index in [1.165, 1.54) is 0 Å². The molecule has 9 heteroatoms. The summed E-state index contributed by atoms with van der Waals surface area (Å²) in [5.74, 6) is -4.68. The fourth-order valence-electron chi connectivity index (χ4n) is 1.64. The lowest BCUT2D eigenvalue weighted by molar-refractivity contribution is 0.0678. The lowest BCUT2D eigenvalue weighted by Gasteiger charge is -2.09. The molecule has 2 aromatic rings. The van der Waals surface area contributed by atoms with Crippen molar-refractivity contribution in [3.8, 4) is 0 Å². The van der Waals surface area contributed by atoms with Gasteiger partial charge in [-0.05, 0) is 18.2 Å². The highest BCUT2D eigenvalue weighted by Gasteiger charge is 2.21. The second-order valence-corrected chi connectivity index (χ2v) is 4.01. The molecule has 0 saturated heterocycles. The molecule has 0 aliphatic rings. The van der Waals surface area contributed by atoms with Crippen molar-refractivity contribution in [2.24, 2.45) is 0 Å². The summed E-state index contributed by atoms with van der Waals surface area (Å²) in [6.07, 6.45) is 2.21. The maximum absolute atomic E-state index is 13.1. The van der Waals surface area contributed by atoms with Gasteiger partial charge in [0.2, 0.25) is 0 Å². The zero-order chi connectivity index (χ0) is 16.3. The van der Waals surface area contributed by atoms with Gasteiger partial charge in [-0.15, -0.1) is 0 Å². The number of carbonyl (C=O) groups excluding carboxylic acids is 1. The van der Waals surface area contributed by atoms with Crippen molar-refractivity contribution in [1.82, 2.24) is 9.97 Å². The molecule has 0 aliphatic carbocycles. The van der Waals surface area contributed by atoms with Crippen LogP contribution in [0.5, 0.6) is 0 Å². The van der Waals surface area contributed by atoms with Crippen molar-refractivity contribution in [3.63, 3.8) is 0 Å². The maximum Gasteiger partial charge on any atom is 0.356 e. The van der Waals surface area contributed by atoms with Crippen molar-refractivity contribution in [2.45, 2.75) is 0 Å². The second kappa shape index (κ2) is 5.95. The number of hydrogen-bond acceptors (Lipinski definition) is 5. The Morgan fingerprint density at radius 3 is 2.23 bits per heavy atom. The van der Waals surface area contributed by atoms with Crippen molar-refractivity contribution < 1.29 is 29.0 Å². The molecule has 0 aliphatic heterocycles. The van der Waals surface area contributed by atoms with Gasteiger partial charge in [0.25, 0.3) is 5.91 Å². The Morgan fingerprint density at radius 1 is 1.00 bits per heavy atom. The van der Waals surface area contributed by atoms with E-state index >= 15 is 0 Å². The molecule has 0 saturated carbocycles. The number of carboxylic acids is 2. The molecule has 0 unspecified atom stereocenters. The average Bonchev–Trinajstić information content (AvgIpc) is 2.48. The first-order chi connectivity index (χ1) is 10.4. The van der Waals surface area contributed by atoms with E-state index in [4.69, 9.17) is 10.2 Å². The average molecular weight is 305 g/mol. The van der Waals surface area contributed by atoms with Gasteiger partial charge < -0.3 is 15.5 Å². The van der Waals surface area contributed by atoms with E-state index in [0.29, 0.717) is 0 Å². The van der Waals surface area contributed by atoms with Gasteiger partial charge in [-0.25, -0.2) is 23.9 Å². The maximum atomic E-state index is 13.1. The molecule has 8 nitrogen and oxygen atoms in total. The number of halogens is 1. The molecule has 1 aromatic carbocycles. The summed E-state index contributed by atoms with van der Waals surface area (Å²) in [4.78, 5) is 41.2. The number of nitrogens with zero attached hydrogens (tertiary/aromatic N) is 2.